The van der Waals surface area contributed by atoms with Crippen LogP contribution in [0.25, 0.3) is 0 Å². The van der Waals surface area contributed by atoms with E-state index >= 15 is 0 Å². The first-order valence-corrected chi connectivity index (χ1v) is 10.8. The molecule has 6 nitrogen and oxygen atoms in total. The van der Waals surface area contributed by atoms with E-state index in [2.05, 4.69) is 26.0 Å². The monoisotopic (exact) mass is 454 g/mol. The quantitative estimate of drug-likeness (QED) is 0.637. The summed E-state index contributed by atoms with van der Waals surface area (Å²) in [7, 11) is -2.38. The molecule has 0 aliphatic carbocycles. The Morgan fingerprint density at radius 1 is 1.22 bits per heavy atom. The second kappa shape index (κ2) is 9.34. The molecule has 1 atom stereocenters. The van der Waals surface area contributed by atoms with Gasteiger partial charge < -0.3 is 10.1 Å². The summed E-state index contributed by atoms with van der Waals surface area (Å²) in [5.41, 5.74) is 1.18. The molecule has 0 aliphatic rings. The van der Waals surface area contributed by atoms with Crippen LogP contribution in [-0.2, 0) is 10.0 Å². The average Bonchev–Trinajstić information content (AvgIpc) is 2.65. The summed E-state index contributed by atoms with van der Waals surface area (Å²) in [5, 5.41) is 2.88. The molecule has 2 N–H and O–H groups in total. The predicted molar refractivity (Wildman–Crippen MR) is 108 cm³/mol. The molecule has 2 aromatic carbocycles. The van der Waals surface area contributed by atoms with E-state index in [1.54, 1.807) is 6.07 Å². The summed E-state index contributed by atoms with van der Waals surface area (Å²) in [6, 6.07) is 11.7. The molecule has 0 bridgehead atoms. The highest BCUT2D eigenvalue weighted by Crippen LogP contribution is 2.25. The lowest BCUT2D eigenvalue weighted by atomic mass is 10.1. The maximum Gasteiger partial charge on any atom is 0.251 e. The standard InChI is InChI=1S/C19H23BrN2O4S/c1-4-10-21-27(24,25)18-12-15(8-9-17(18)26-3)19(23)22-13(2)14-6-5-7-16(20)11-14/h5-9,11-13,21H,4,10H2,1-3H3,(H,22,23)/t13-/m0/s1. The molecule has 8 heteroatoms. The number of nitrogens with one attached hydrogen (secondary N) is 2. The molecule has 0 heterocycles. The molecule has 0 saturated heterocycles. The van der Waals surface area contributed by atoms with Crippen molar-refractivity contribution in [1.29, 1.82) is 0 Å². The molecular formula is C19H23BrN2O4S. The van der Waals surface area contributed by atoms with Gasteiger partial charge in [-0.1, -0.05) is 35.0 Å². The van der Waals surface area contributed by atoms with Crippen LogP contribution in [0.5, 0.6) is 5.75 Å². The van der Waals surface area contributed by atoms with Crippen LogP contribution in [0.1, 0.15) is 42.2 Å². The SMILES string of the molecule is CCCNS(=O)(=O)c1cc(C(=O)N[C@@H](C)c2cccc(Br)c2)ccc1OC. The first kappa shape index (κ1) is 21.4. The van der Waals surface area contributed by atoms with Gasteiger partial charge in [-0.15, -0.1) is 0 Å². The van der Waals surface area contributed by atoms with E-state index in [0.717, 1.165) is 10.0 Å². The normalized spacial score (nSPS) is 12.4. The smallest absolute Gasteiger partial charge is 0.251 e. The molecule has 146 valence electrons. The van der Waals surface area contributed by atoms with Crippen LogP contribution in [0.4, 0.5) is 0 Å². The van der Waals surface area contributed by atoms with Crippen molar-refractivity contribution < 1.29 is 17.9 Å². The molecule has 27 heavy (non-hydrogen) atoms. The van der Waals surface area contributed by atoms with Gasteiger partial charge in [-0.25, -0.2) is 13.1 Å². The zero-order valence-corrected chi connectivity index (χ0v) is 17.9. The Labute approximate surface area is 168 Å². The number of carbonyl (C=O) groups is 1. The van der Waals surface area contributed by atoms with Gasteiger partial charge in [0.25, 0.3) is 5.91 Å². The summed E-state index contributed by atoms with van der Waals surface area (Å²) in [5.74, 6) is -0.174. The minimum Gasteiger partial charge on any atom is -0.495 e. The van der Waals surface area contributed by atoms with Crippen molar-refractivity contribution in [2.45, 2.75) is 31.2 Å². The van der Waals surface area contributed by atoms with Gasteiger partial charge in [-0.2, -0.15) is 0 Å². The summed E-state index contributed by atoms with van der Waals surface area (Å²) in [6.07, 6.45) is 0.659. The Morgan fingerprint density at radius 2 is 1.96 bits per heavy atom. The molecule has 0 radical (unpaired) electrons. The molecule has 2 rings (SSSR count). The number of hydrogen-bond acceptors (Lipinski definition) is 4. The molecule has 0 saturated carbocycles. The lowest BCUT2D eigenvalue weighted by molar-refractivity contribution is 0.0939. The largest absolute Gasteiger partial charge is 0.495 e. The van der Waals surface area contributed by atoms with Crippen molar-refractivity contribution >= 4 is 31.9 Å². The van der Waals surface area contributed by atoms with Crippen LogP contribution in [-0.4, -0.2) is 28.0 Å². The van der Waals surface area contributed by atoms with E-state index < -0.39 is 10.0 Å². The third-order valence-electron chi connectivity index (χ3n) is 3.95. The van der Waals surface area contributed by atoms with E-state index in [1.165, 1.54) is 19.2 Å². The first-order chi connectivity index (χ1) is 12.8. The lowest BCUT2D eigenvalue weighted by Gasteiger charge is -2.16. The Balaban J connectivity index is 2.27. The molecule has 0 aromatic heterocycles. The average molecular weight is 455 g/mol. The van der Waals surface area contributed by atoms with Crippen molar-refractivity contribution in [3.05, 3.63) is 58.1 Å². The third-order valence-corrected chi connectivity index (χ3v) is 5.93. The molecule has 0 aliphatic heterocycles. The summed E-state index contributed by atoms with van der Waals surface area (Å²) in [6.45, 7) is 4.04. The molecular weight excluding hydrogens is 432 g/mol. The fourth-order valence-corrected chi connectivity index (χ4v) is 4.23. The second-order valence-electron chi connectivity index (χ2n) is 6.01. The molecule has 1 amide bonds. The van der Waals surface area contributed by atoms with Crippen LogP contribution in [0, 0.1) is 0 Å². The number of halogens is 1. The van der Waals surface area contributed by atoms with Gasteiger partial charge in [0.15, 0.2) is 0 Å². The molecule has 0 unspecified atom stereocenters. The zero-order chi connectivity index (χ0) is 20.0. The van der Waals surface area contributed by atoms with Crippen LogP contribution in [0.15, 0.2) is 51.8 Å². The highest BCUT2D eigenvalue weighted by atomic mass is 79.9. The van der Waals surface area contributed by atoms with Crippen molar-refractivity contribution in [3.63, 3.8) is 0 Å². The van der Waals surface area contributed by atoms with Gasteiger partial charge in [-0.3, -0.25) is 4.79 Å². The summed E-state index contributed by atoms with van der Waals surface area (Å²) in [4.78, 5) is 12.6. The van der Waals surface area contributed by atoms with Gasteiger partial charge >= 0.3 is 0 Å². The third kappa shape index (κ3) is 5.54. The van der Waals surface area contributed by atoms with Crippen molar-refractivity contribution in [1.82, 2.24) is 10.0 Å². The Morgan fingerprint density at radius 3 is 2.59 bits per heavy atom. The predicted octanol–water partition coefficient (Wildman–Crippen LogP) is 3.64. The maximum absolute atomic E-state index is 12.6. The van der Waals surface area contributed by atoms with Gasteiger partial charge in [0, 0.05) is 16.6 Å². The van der Waals surface area contributed by atoms with Gasteiger partial charge in [0.05, 0.1) is 13.2 Å². The van der Waals surface area contributed by atoms with E-state index in [4.69, 9.17) is 4.74 Å². The van der Waals surface area contributed by atoms with Crippen LogP contribution >= 0.6 is 15.9 Å². The Bertz CT molecular complexity index is 916. The number of ether oxygens (including phenoxy) is 1. The highest BCUT2D eigenvalue weighted by Gasteiger charge is 2.22. The number of carbonyl (C=O) groups excluding carboxylic acids is 1. The van der Waals surface area contributed by atoms with Gasteiger partial charge in [0.2, 0.25) is 10.0 Å². The number of sulfonamides is 1. The van der Waals surface area contributed by atoms with Gasteiger partial charge in [-0.05, 0) is 49.2 Å². The topological polar surface area (TPSA) is 84.5 Å². The van der Waals surface area contributed by atoms with Crippen LogP contribution in [0.2, 0.25) is 0 Å². The lowest BCUT2D eigenvalue weighted by Crippen LogP contribution is -2.28. The fraction of sp³-hybridized carbons (Fsp3) is 0.316. The fourth-order valence-electron chi connectivity index (χ4n) is 2.48. The molecule has 0 spiro atoms. The van der Waals surface area contributed by atoms with E-state index in [-0.39, 0.29) is 28.2 Å². The summed E-state index contributed by atoms with van der Waals surface area (Å²) < 4.78 is 33.6. The van der Waals surface area contributed by atoms with Crippen molar-refractivity contribution in [3.8, 4) is 5.75 Å². The maximum atomic E-state index is 12.6. The van der Waals surface area contributed by atoms with Crippen molar-refractivity contribution in [2.75, 3.05) is 13.7 Å². The van der Waals surface area contributed by atoms with Crippen LogP contribution in [0.3, 0.4) is 0 Å². The number of amides is 1. The zero-order valence-electron chi connectivity index (χ0n) is 15.5. The first-order valence-electron chi connectivity index (χ1n) is 8.52. The minimum absolute atomic E-state index is 0.0544. The molecule has 2 aromatic rings. The molecule has 0 fully saturated rings. The minimum atomic E-state index is -3.77. The van der Waals surface area contributed by atoms with E-state index in [0.29, 0.717) is 13.0 Å². The van der Waals surface area contributed by atoms with Crippen molar-refractivity contribution in [2.24, 2.45) is 0 Å². The number of hydrogen-bond donors (Lipinski definition) is 2. The van der Waals surface area contributed by atoms with E-state index in [9.17, 15) is 13.2 Å². The Hall–Kier alpha value is -1.90. The van der Waals surface area contributed by atoms with E-state index in [1.807, 2.05) is 38.1 Å². The number of benzene rings is 2. The second-order valence-corrected chi connectivity index (χ2v) is 8.66. The van der Waals surface area contributed by atoms with Crippen LogP contribution < -0.4 is 14.8 Å². The Kier molecular flexibility index (Phi) is 7.41. The number of methoxy groups -OCH3 is 1. The number of rotatable bonds is 8. The summed E-state index contributed by atoms with van der Waals surface area (Å²) >= 11 is 3.41. The van der Waals surface area contributed by atoms with Gasteiger partial charge in [0.1, 0.15) is 10.6 Å². The highest BCUT2D eigenvalue weighted by molar-refractivity contribution is 9.10.